The summed E-state index contributed by atoms with van der Waals surface area (Å²) in [6.07, 6.45) is 0.351. The van der Waals surface area contributed by atoms with Gasteiger partial charge < -0.3 is 15.3 Å². The third kappa shape index (κ3) is 4.16. The van der Waals surface area contributed by atoms with Crippen LogP contribution in [0.4, 0.5) is 5.69 Å². The Morgan fingerprint density at radius 2 is 1.81 bits per heavy atom. The summed E-state index contributed by atoms with van der Waals surface area (Å²) in [5.41, 5.74) is 1.91. The predicted molar refractivity (Wildman–Crippen MR) is 102 cm³/mol. The van der Waals surface area contributed by atoms with Crippen LogP contribution in [0.1, 0.15) is 35.2 Å². The van der Waals surface area contributed by atoms with Crippen LogP contribution < -0.4 is 5.32 Å². The number of carbonyl (C=O) groups excluding carboxylic acids is 2. The van der Waals surface area contributed by atoms with Gasteiger partial charge in [0.05, 0.1) is 5.92 Å². The molecule has 2 amide bonds. The largest absolute Gasteiger partial charge is 0.481 e. The van der Waals surface area contributed by atoms with Crippen LogP contribution in [-0.4, -0.2) is 40.9 Å². The minimum atomic E-state index is -0.900. The van der Waals surface area contributed by atoms with Crippen LogP contribution in [0.25, 0.3) is 0 Å². The molecule has 0 saturated carbocycles. The average Bonchev–Trinajstić information content (AvgIpc) is 3.14. The second-order valence-corrected chi connectivity index (χ2v) is 6.65. The normalized spacial score (nSPS) is 18.9. The monoisotopic (exact) mass is 366 g/mol. The van der Waals surface area contributed by atoms with Gasteiger partial charge in [0.25, 0.3) is 5.91 Å². The highest BCUT2D eigenvalue weighted by Crippen LogP contribution is 2.33. The van der Waals surface area contributed by atoms with E-state index in [4.69, 9.17) is 0 Å². The number of amides is 2. The number of carboxylic acid groups (broad SMARTS) is 1. The highest BCUT2D eigenvalue weighted by molar-refractivity contribution is 5.97. The lowest BCUT2D eigenvalue weighted by molar-refractivity contribution is -0.141. The molecule has 2 atom stereocenters. The number of hydrogen-bond acceptors (Lipinski definition) is 3. The smallest absolute Gasteiger partial charge is 0.308 e. The zero-order chi connectivity index (χ0) is 19.4. The van der Waals surface area contributed by atoms with Gasteiger partial charge in [-0.1, -0.05) is 43.3 Å². The molecule has 1 fully saturated rings. The predicted octanol–water partition coefficient (Wildman–Crippen LogP) is 2.98. The fraction of sp³-hybridized carbons (Fsp3) is 0.286. The van der Waals surface area contributed by atoms with Crippen molar-refractivity contribution in [3.05, 3.63) is 65.7 Å². The molecule has 0 aliphatic carbocycles. The molecule has 0 unspecified atom stereocenters. The minimum Gasteiger partial charge on any atom is -0.481 e. The number of likely N-dealkylation sites (tertiary alicyclic amines) is 1. The van der Waals surface area contributed by atoms with Crippen LogP contribution in [0, 0.1) is 5.92 Å². The molecule has 1 aliphatic rings. The third-order valence-electron chi connectivity index (χ3n) is 4.87. The number of anilines is 1. The number of carboxylic acids is 1. The summed E-state index contributed by atoms with van der Waals surface area (Å²) in [4.78, 5) is 37.8. The molecule has 27 heavy (non-hydrogen) atoms. The molecule has 1 saturated heterocycles. The number of aliphatic carboxylic acids is 1. The number of nitrogens with zero attached hydrogens (tertiary/aromatic N) is 1. The first-order valence-corrected chi connectivity index (χ1v) is 8.96. The van der Waals surface area contributed by atoms with Gasteiger partial charge in [-0.3, -0.25) is 14.4 Å². The Morgan fingerprint density at radius 1 is 1.07 bits per heavy atom. The molecule has 1 heterocycles. The van der Waals surface area contributed by atoms with E-state index in [0.29, 0.717) is 24.2 Å². The van der Waals surface area contributed by atoms with Gasteiger partial charge in [-0.2, -0.15) is 0 Å². The van der Waals surface area contributed by atoms with E-state index in [0.717, 1.165) is 5.56 Å². The minimum absolute atomic E-state index is 0.129. The first kappa shape index (κ1) is 18.6. The summed E-state index contributed by atoms with van der Waals surface area (Å²) in [5, 5.41) is 12.3. The summed E-state index contributed by atoms with van der Waals surface area (Å²) < 4.78 is 0. The van der Waals surface area contributed by atoms with Crippen LogP contribution in [0.2, 0.25) is 0 Å². The van der Waals surface area contributed by atoms with Crippen molar-refractivity contribution in [3.8, 4) is 0 Å². The standard InChI is InChI=1S/C21H22N2O4/c1-2-19(24)22-16-10-6-9-15(11-16)20(25)23-12-17(18(13-23)21(26)27)14-7-4-3-5-8-14/h3-11,17-18H,2,12-13H2,1H3,(H,22,24)(H,26,27)/t17-,18-/m0/s1. The topological polar surface area (TPSA) is 86.7 Å². The van der Waals surface area contributed by atoms with Crippen LogP contribution in [0.15, 0.2) is 54.6 Å². The Hall–Kier alpha value is -3.15. The van der Waals surface area contributed by atoms with Gasteiger partial charge in [-0.05, 0) is 23.8 Å². The van der Waals surface area contributed by atoms with Gasteiger partial charge in [0.1, 0.15) is 0 Å². The summed E-state index contributed by atoms with van der Waals surface area (Å²) in [5.74, 6) is -2.14. The van der Waals surface area contributed by atoms with Gasteiger partial charge in [0.2, 0.25) is 5.91 Å². The molecule has 0 spiro atoms. The van der Waals surface area contributed by atoms with Crippen molar-refractivity contribution in [2.45, 2.75) is 19.3 Å². The lowest BCUT2D eigenvalue weighted by Crippen LogP contribution is -2.30. The Balaban J connectivity index is 1.80. The summed E-state index contributed by atoms with van der Waals surface area (Å²) in [6, 6.07) is 16.2. The van der Waals surface area contributed by atoms with Crippen molar-refractivity contribution < 1.29 is 19.5 Å². The van der Waals surface area contributed by atoms with E-state index in [2.05, 4.69) is 5.32 Å². The molecule has 0 aromatic heterocycles. The molecular weight excluding hydrogens is 344 g/mol. The Morgan fingerprint density at radius 3 is 2.48 bits per heavy atom. The number of carbonyl (C=O) groups is 3. The van der Waals surface area contributed by atoms with E-state index >= 15 is 0 Å². The van der Waals surface area contributed by atoms with Gasteiger partial charge in [-0.25, -0.2) is 0 Å². The second kappa shape index (κ2) is 8.03. The maximum Gasteiger partial charge on any atom is 0.308 e. The van der Waals surface area contributed by atoms with Gasteiger partial charge >= 0.3 is 5.97 Å². The van der Waals surface area contributed by atoms with Crippen molar-refractivity contribution in [2.24, 2.45) is 5.92 Å². The van der Waals surface area contributed by atoms with E-state index in [9.17, 15) is 19.5 Å². The lowest BCUT2D eigenvalue weighted by atomic mass is 9.89. The molecular formula is C21H22N2O4. The molecule has 0 bridgehead atoms. The number of nitrogens with one attached hydrogen (secondary N) is 1. The fourth-order valence-corrected chi connectivity index (χ4v) is 3.42. The van der Waals surface area contributed by atoms with Gasteiger partial charge in [0.15, 0.2) is 0 Å². The SMILES string of the molecule is CCC(=O)Nc1cccc(C(=O)N2C[C@H](C(=O)O)[C@H](c3ccccc3)C2)c1. The number of benzene rings is 2. The van der Waals surface area contributed by atoms with Crippen molar-refractivity contribution >= 4 is 23.5 Å². The van der Waals surface area contributed by atoms with Gasteiger partial charge in [-0.15, -0.1) is 0 Å². The lowest BCUT2D eigenvalue weighted by Gasteiger charge is -2.17. The maximum absolute atomic E-state index is 12.9. The van der Waals surface area contributed by atoms with E-state index in [1.807, 2.05) is 30.3 Å². The number of rotatable bonds is 5. The van der Waals surface area contributed by atoms with Gasteiger partial charge in [0, 0.05) is 36.7 Å². The number of hydrogen-bond donors (Lipinski definition) is 2. The Kier molecular flexibility index (Phi) is 5.54. The Bertz CT molecular complexity index is 850. The first-order valence-electron chi connectivity index (χ1n) is 8.96. The van der Waals surface area contributed by atoms with Crippen LogP contribution >= 0.6 is 0 Å². The highest BCUT2D eigenvalue weighted by Gasteiger charge is 2.40. The molecule has 1 aliphatic heterocycles. The molecule has 2 aromatic rings. The zero-order valence-electron chi connectivity index (χ0n) is 15.1. The highest BCUT2D eigenvalue weighted by atomic mass is 16.4. The van der Waals surface area contributed by atoms with Crippen molar-refractivity contribution in [1.82, 2.24) is 4.90 Å². The summed E-state index contributed by atoms with van der Waals surface area (Å²) >= 11 is 0. The maximum atomic E-state index is 12.9. The molecule has 6 nitrogen and oxygen atoms in total. The quantitative estimate of drug-likeness (QED) is 0.852. The molecule has 3 rings (SSSR count). The molecule has 2 N–H and O–H groups in total. The van der Waals surface area contributed by atoms with E-state index in [1.165, 1.54) is 0 Å². The van der Waals surface area contributed by atoms with Crippen molar-refractivity contribution in [1.29, 1.82) is 0 Å². The zero-order valence-corrected chi connectivity index (χ0v) is 15.1. The summed E-state index contributed by atoms with van der Waals surface area (Å²) in [6.45, 7) is 2.27. The summed E-state index contributed by atoms with van der Waals surface area (Å²) in [7, 11) is 0. The molecule has 0 radical (unpaired) electrons. The van der Waals surface area contributed by atoms with E-state index < -0.39 is 11.9 Å². The first-order chi connectivity index (χ1) is 13.0. The van der Waals surface area contributed by atoms with Crippen molar-refractivity contribution in [3.63, 3.8) is 0 Å². The van der Waals surface area contributed by atoms with Crippen LogP contribution in [0.5, 0.6) is 0 Å². The molecule has 2 aromatic carbocycles. The third-order valence-corrected chi connectivity index (χ3v) is 4.87. The fourth-order valence-electron chi connectivity index (χ4n) is 3.42. The van der Waals surface area contributed by atoms with Crippen LogP contribution in [0.3, 0.4) is 0 Å². The van der Waals surface area contributed by atoms with Crippen molar-refractivity contribution in [2.75, 3.05) is 18.4 Å². The molecule has 6 heteroatoms. The van der Waals surface area contributed by atoms with E-state index in [1.54, 1.807) is 36.1 Å². The Labute approximate surface area is 157 Å². The molecule has 140 valence electrons. The van der Waals surface area contributed by atoms with Crippen LogP contribution in [-0.2, 0) is 9.59 Å². The average molecular weight is 366 g/mol. The van der Waals surface area contributed by atoms with E-state index in [-0.39, 0.29) is 24.3 Å². The second-order valence-electron chi connectivity index (χ2n) is 6.65.